The van der Waals surface area contributed by atoms with Gasteiger partial charge in [0.1, 0.15) is 5.69 Å². The van der Waals surface area contributed by atoms with Gasteiger partial charge < -0.3 is 16.0 Å². The molecule has 2 heterocycles. The lowest BCUT2D eigenvalue weighted by Crippen LogP contribution is -2.38. The number of nitrogens with one attached hydrogen (secondary N) is 1. The molecule has 140 valence electrons. The van der Waals surface area contributed by atoms with E-state index in [0.717, 1.165) is 43.4 Å². The highest BCUT2D eigenvalue weighted by Gasteiger charge is 2.17. The Morgan fingerprint density at radius 2 is 2.21 bits per heavy atom. The van der Waals surface area contributed by atoms with Crippen molar-refractivity contribution in [2.24, 2.45) is 5.73 Å². The molecule has 1 aromatic heterocycles. The van der Waals surface area contributed by atoms with E-state index >= 15 is 0 Å². The first kappa shape index (κ1) is 23.6. The maximum atomic E-state index is 12.0. The van der Waals surface area contributed by atoms with Gasteiger partial charge in [0.15, 0.2) is 0 Å². The standard InChI is InChI=1S/C16H28N4OS.2ClH/c1-13-6-2-4-10-20(13)11-5-3-9-18-16(21)14-12-22-15(19-14)7-8-17;;/h12-13H,2-11,17H2,1H3,(H,18,21);2*1H. The molecule has 8 heteroatoms. The molecule has 0 radical (unpaired) electrons. The van der Waals surface area contributed by atoms with Crippen LogP contribution >= 0.6 is 36.2 Å². The lowest BCUT2D eigenvalue weighted by atomic mass is 10.0. The lowest BCUT2D eigenvalue weighted by Gasteiger charge is -2.33. The summed E-state index contributed by atoms with van der Waals surface area (Å²) >= 11 is 1.51. The molecular formula is C16H30Cl2N4OS. The zero-order valence-electron chi connectivity index (χ0n) is 14.3. The highest BCUT2D eigenvalue weighted by atomic mass is 35.5. The van der Waals surface area contributed by atoms with Crippen LogP contribution in [-0.4, -0.2) is 48.0 Å². The van der Waals surface area contributed by atoms with E-state index in [1.54, 1.807) is 0 Å². The Morgan fingerprint density at radius 1 is 1.42 bits per heavy atom. The van der Waals surface area contributed by atoms with Crippen LogP contribution in [-0.2, 0) is 6.42 Å². The van der Waals surface area contributed by atoms with Crippen LogP contribution in [0.3, 0.4) is 0 Å². The molecule has 1 saturated heterocycles. The highest BCUT2D eigenvalue weighted by Crippen LogP contribution is 2.16. The van der Waals surface area contributed by atoms with Crippen molar-refractivity contribution >= 4 is 42.1 Å². The van der Waals surface area contributed by atoms with Gasteiger partial charge in [0, 0.05) is 24.4 Å². The monoisotopic (exact) mass is 396 g/mol. The average Bonchev–Trinajstić information content (AvgIpc) is 2.98. The number of piperidine rings is 1. The van der Waals surface area contributed by atoms with Crippen LogP contribution < -0.4 is 11.1 Å². The number of aromatic nitrogens is 1. The van der Waals surface area contributed by atoms with Crippen LogP contribution in [0.5, 0.6) is 0 Å². The van der Waals surface area contributed by atoms with Crippen molar-refractivity contribution < 1.29 is 4.79 Å². The molecule has 5 nitrogen and oxygen atoms in total. The van der Waals surface area contributed by atoms with E-state index < -0.39 is 0 Å². The second kappa shape index (κ2) is 12.9. The van der Waals surface area contributed by atoms with Gasteiger partial charge in [0.05, 0.1) is 5.01 Å². The largest absolute Gasteiger partial charge is 0.351 e. The van der Waals surface area contributed by atoms with Crippen LogP contribution in [0.25, 0.3) is 0 Å². The summed E-state index contributed by atoms with van der Waals surface area (Å²) in [5, 5.41) is 5.71. The third kappa shape index (κ3) is 7.66. The van der Waals surface area contributed by atoms with Crippen molar-refractivity contribution in [1.82, 2.24) is 15.2 Å². The number of unbranched alkanes of at least 4 members (excludes halogenated alkanes) is 1. The van der Waals surface area contributed by atoms with Crippen molar-refractivity contribution in [2.45, 2.75) is 51.5 Å². The molecule has 1 fully saturated rings. The van der Waals surface area contributed by atoms with Gasteiger partial charge in [-0.05, 0) is 52.2 Å². The first-order valence-electron chi connectivity index (χ1n) is 8.37. The molecule has 1 aliphatic rings. The van der Waals surface area contributed by atoms with E-state index in [1.807, 2.05) is 5.38 Å². The molecule has 1 amide bonds. The van der Waals surface area contributed by atoms with Gasteiger partial charge in [-0.15, -0.1) is 36.2 Å². The predicted molar refractivity (Wildman–Crippen MR) is 106 cm³/mol. The summed E-state index contributed by atoms with van der Waals surface area (Å²) in [6, 6.07) is 0.722. The Kier molecular flexibility index (Phi) is 12.7. The second-order valence-electron chi connectivity index (χ2n) is 6.01. The summed E-state index contributed by atoms with van der Waals surface area (Å²) < 4.78 is 0. The fourth-order valence-electron chi connectivity index (χ4n) is 2.88. The number of rotatable bonds is 8. The Morgan fingerprint density at radius 3 is 2.92 bits per heavy atom. The fourth-order valence-corrected chi connectivity index (χ4v) is 3.67. The molecule has 2 rings (SSSR count). The van der Waals surface area contributed by atoms with Gasteiger partial charge in [-0.25, -0.2) is 4.98 Å². The first-order valence-corrected chi connectivity index (χ1v) is 9.25. The molecule has 1 aliphatic heterocycles. The van der Waals surface area contributed by atoms with Gasteiger partial charge in [-0.2, -0.15) is 0 Å². The molecule has 3 N–H and O–H groups in total. The number of carbonyl (C=O) groups excluding carboxylic acids is 1. The van der Waals surface area contributed by atoms with Crippen molar-refractivity contribution in [3.63, 3.8) is 0 Å². The summed E-state index contributed by atoms with van der Waals surface area (Å²) in [4.78, 5) is 18.8. The van der Waals surface area contributed by atoms with E-state index in [1.165, 1.54) is 37.1 Å². The average molecular weight is 397 g/mol. The molecular weight excluding hydrogens is 367 g/mol. The van der Waals surface area contributed by atoms with Crippen molar-refractivity contribution in [1.29, 1.82) is 0 Å². The van der Waals surface area contributed by atoms with Gasteiger partial charge in [0.2, 0.25) is 0 Å². The minimum absolute atomic E-state index is 0. The number of hydrogen-bond donors (Lipinski definition) is 2. The van der Waals surface area contributed by atoms with Crippen LogP contribution in [0.4, 0.5) is 0 Å². The Bertz CT molecular complexity index is 473. The smallest absolute Gasteiger partial charge is 0.270 e. The molecule has 1 aromatic rings. The van der Waals surface area contributed by atoms with E-state index in [0.29, 0.717) is 12.2 Å². The van der Waals surface area contributed by atoms with Crippen LogP contribution in [0.2, 0.25) is 0 Å². The number of amides is 1. The number of hydrogen-bond acceptors (Lipinski definition) is 5. The first-order chi connectivity index (χ1) is 10.7. The summed E-state index contributed by atoms with van der Waals surface area (Å²) in [7, 11) is 0. The normalized spacial score (nSPS) is 17.7. The SMILES string of the molecule is CC1CCCCN1CCCCNC(=O)c1csc(CCN)n1.Cl.Cl. The van der Waals surface area contributed by atoms with Crippen molar-refractivity contribution in [3.8, 4) is 0 Å². The van der Waals surface area contributed by atoms with Crippen LogP contribution in [0, 0.1) is 0 Å². The number of carbonyl (C=O) groups is 1. The molecule has 0 spiro atoms. The zero-order valence-corrected chi connectivity index (χ0v) is 16.8. The van der Waals surface area contributed by atoms with Gasteiger partial charge >= 0.3 is 0 Å². The van der Waals surface area contributed by atoms with E-state index in [2.05, 4.69) is 22.1 Å². The van der Waals surface area contributed by atoms with Crippen LogP contribution in [0.1, 0.15) is 54.5 Å². The number of nitrogens with zero attached hydrogens (tertiary/aromatic N) is 2. The van der Waals surface area contributed by atoms with Gasteiger partial charge in [0.25, 0.3) is 5.91 Å². The van der Waals surface area contributed by atoms with E-state index in [9.17, 15) is 4.79 Å². The van der Waals surface area contributed by atoms with Crippen molar-refractivity contribution in [2.75, 3.05) is 26.2 Å². The minimum atomic E-state index is -0.0640. The minimum Gasteiger partial charge on any atom is -0.351 e. The highest BCUT2D eigenvalue weighted by molar-refractivity contribution is 7.09. The van der Waals surface area contributed by atoms with Gasteiger partial charge in [-0.1, -0.05) is 6.42 Å². The summed E-state index contributed by atoms with van der Waals surface area (Å²) in [6.07, 6.45) is 6.93. The van der Waals surface area contributed by atoms with Crippen molar-refractivity contribution in [3.05, 3.63) is 16.1 Å². The maximum Gasteiger partial charge on any atom is 0.270 e. The summed E-state index contributed by atoms with van der Waals surface area (Å²) in [5.74, 6) is -0.0640. The third-order valence-corrected chi connectivity index (χ3v) is 5.15. The molecule has 24 heavy (non-hydrogen) atoms. The molecule has 0 bridgehead atoms. The Balaban J connectivity index is 0.00000264. The number of halogens is 2. The zero-order chi connectivity index (χ0) is 15.8. The lowest BCUT2D eigenvalue weighted by molar-refractivity contribution is 0.0947. The summed E-state index contributed by atoms with van der Waals surface area (Å²) in [6.45, 7) is 6.00. The third-order valence-electron chi connectivity index (χ3n) is 4.24. The van der Waals surface area contributed by atoms with E-state index in [-0.39, 0.29) is 30.7 Å². The molecule has 0 aromatic carbocycles. The van der Waals surface area contributed by atoms with E-state index in [4.69, 9.17) is 5.73 Å². The number of likely N-dealkylation sites (tertiary alicyclic amines) is 1. The Hall–Kier alpha value is -0.400. The molecule has 1 atom stereocenters. The molecule has 0 aliphatic carbocycles. The number of nitrogens with two attached hydrogens (primary N) is 1. The maximum absolute atomic E-state index is 12.0. The number of thiazole rings is 1. The molecule has 1 unspecified atom stereocenters. The topological polar surface area (TPSA) is 71.2 Å². The fraction of sp³-hybridized carbons (Fsp3) is 0.750. The van der Waals surface area contributed by atoms with Crippen LogP contribution in [0.15, 0.2) is 5.38 Å². The van der Waals surface area contributed by atoms with Gasteiger partial charge in [-0.3, -0.25) is 4.79 Å². The quantitative estimate of drug-likeness (QED) is 0.662. The second-order valence-corrected chi connectivity index (χ2v) is 6.95. The Labute approximate surface area is 161 Å². The molecule has 0 saturated carbocycles. The predicted octanol–water partition coefficient (Wildman–Crippen LogP) is 2.87. The summed E-state index contributed by atoms with van der Waals surface area (Å²) in [5.41, 5.74) is 6.02.